The molecule has 1 saturated heterocycles. The Bertz CT molecular complexity index is 1310. The number of carbonyl (C=O) groups is 5. The number of benzene rings is 1. The van der Waals surface area contributed by atoms with Crippen LogP contribution in [0.2, 0.25) is 0 Å². The lowest BCUT2D eigenvalue weighted by Crippen LogP contribution is -2.63. The molecule has 0 saturated carbocycles. The molecule has 1 aromatic carbocycles. The second kappa shape index (κ2) is 14.1. The van der Waals surface area contributed by atoms with Gasteiger partial charge < -0.3 is 34.9 Å². The summed E-state index contributed by atoms with van der Waals surface area (Å²) in [5.41, 5.74) is -0.962. The number of aliphatic hydroxyl groups excluding tert-OH is 1. The maximum absolute atomic E-state index is 13.4. The molecule has 0 aliphatic carbocycles. The van der Waals surface area contributed by atoms with Crippen molar-refractivity contribution in [1.82, 2.24) is 15.6 Å². The van der Waals surface area contributed by atoms with Gasteiger partial charge in [-0.25, -0.2) is 9.78 Å². The summed E-state index contributed by atoms with van der Waals surface area (Å²) in [6, 6.07) is 12.5. The van der Waals surface area contributed by atoms with Crippen LogP contribution in [0.5, 0.6) is 0 Å². The number of aromatic nitrogens is 1. The molecule has 2 amide bonds. The number of hydrogen-bond acceptors (Lipinski definition) is 10. The summed E-state index contributed by atoms with van der Waals surface area (Å²) >= 11 is 0. The Kier molecular flexibility index (Phi) is 10.8. The van der Waals surface area contributed by atoms with Gasteiger partial charge in [-0.1, -0.05) is 50.2 Å². The van der Waals surface area contributed by atoms with Crippen molar-refractivity contribution in [1.29, 1.82) is 0 Å². The Labute approximate surface area is 243 Å². The first kappa shape index (κ1) is 32.2. The Morgan fingerprint density at radius 3 is 2.36 bits per heavy atom. The number of aliphatic carboxylic acids is 1. The van der Waals surface area contributed by atoms with E-state index < -0.39 is 73.4 Å². The van der Waals surface area contributed by atoms with E-state index in [1.807, 2.05) is 44.2 Å². The standard InChI is InChI=1S/C28H34BN3O10/c1-16(2)13-21(29-41-23(35)15-28(42-29,27(38)39)14-22(34)40-4)31-26(37)24(17(3)33)32-25(36)20-12-8-11-19(30-20)18-9-6-5-7-10-18/h5-12,16-17,21,24,33H,13-15H2,1-4H3,(H,31,37)(H,32,36)(H,38,39)/t17-,21+,24?,28+/m1/s1. The molecule has 13 nitrogen and oxygen atoms in total. The van der Waals surface area contributed by atoms with Crippen LogP contribution in [0.4, 0.5) is 0 Å². The van der Waals surface area contributed by atoms with Gasteiger partial charge in [0, 0.05) is 5.56 Å². The van der Waals surface area contributed by atoms with E-state index in [1.165, 1.54) is 13.0 Å². The van der Waals surface area contributed by atoms with Crippen molar-refractivity contribution >= 4 is 36.8 Å². The number of carbonyl (C=O) groups excluding carboxylic acids is 4. The van der Waals surface area contributed by atoms with Crippen molar-refractivity contribution < 1.29 is 48.2 Å². The van der Waals surface area contributed by atoms with Crippen molar-refractivity contribution in [2.45, 2.75) is 63.7 Å². The Hall–Kier alpha value is -4.30. The van der Waals surface area contributed by atoms with Crippen LogP contribution in [0.1, 0.15) is 50.5 Å². The fourth-order valence-electron chi connectivity index (χ4n) is 4.44. The van der Waals surface area contributed by atoms with Crippen molar-refractivity contribution in [2.24, 2.45) is 5.92 Å². The highest BCUT2D eigenvalue weighted by Crippen LogP contribution is 2.30. The summed E-state index contributed by atoms with van der Waals surface area (Å²) in [7, 11) is -0.524. The minimum atomic E-state index is -2.28. The molecule has 42 heavy (non-hydrogen) atoms. The quantitative estimate of drug-likeness (QED) is 0.207. The van der Waals surface area contributed by atoms with E-state index in [4.69, 9.17) is 9.31 Å². The maximum Gasteiger partial charge on any atom is 0.552 e. The normalized spacial score (nSPS) is 18.8. The summed E-state index contributed by atoms with van der Waals surface area (Å²) in [4.78, 5) is 67.4. The molecule has 3 rings (SSSR count). The lowest BCUT2D eigenvalue weighted by atomic mass is 9.70. The Morgan fingerprint density at radius 2 is 1.76 bits per heavy atom. The van der Waals surface area contributed by atoms with Gasteiger partial charge in [-0.3, -0.25) is 19.2 Å². The zero-order valence-corrected chi connectivity index (χ0v) is 23.7. The molecule has 14 heteroatoms. The molecule has 224 valence electrons. The summed E-state index contributed by atoms with van der Waals surface area (Å²) in [6.45, 7) is 4.92. The van der Waals surface area contributed by atoms with Crippen molar-refractivity contribution in [2.75, 3.05) is 7.11 Å². The Morgan fingerprint density at radius 1 is 1.07 bits per heavy atom. The molecule has 4 atom stereocenters. The third kappa shape index (κ3) is 8.14. The predicted molar refractivity (Wildman–Crippen MR) is 149 cm³/mol. The first-order chi connectivity index (χ1) is 19.8. The summed E-state index contributed by atoms with van der Waals surface area (Å²) in [5, 5.41) is 25.4. The molecule has 2 heterocycles. The van der Waals surface area contributed by atoms with Crippen LogP contribution in [0.25, 0.3) is 11.3 Å². The first-order valence-electron chi connectivity index (χ1n) is 13.3. The van der Waals surface area contributed by atoms with E-state index in [0.29, 0.717) is 5.69 Å². The molecule has 1 aromatic heterocycles. The van der Waals surface area contributed by atoms with Crippen LogP contribution in [0, 0.1) is 5.92 Å². The minimum absolute atomic E-state index is 0.00660. The molecule has 1 unspecified atom stereocenters. The SMILES string of the molecule is COC(=O)C[C@@]1(C(=O)O)CC(=O)OB([C@H](CC(C)C)NC(=O)C(NC(=O)c2cccc(-c3ccccc3)n2)[C@@H](C)O)O1. The third-order valence-corrected chi connectivity index (χ3v) is 6.55. The van der Waals surface area contributed by atoms with Gasteiger partial charge in [0.2, 0.25) is 5.91 Å². The van der Waals surface area contributed by atoms with Crippen LogP contribution >= 0.6 is 0 Å². The van der Waals surface area contributed by atoms with E-state index in [2.05, 4.69) is 20.4 Å². The number of methoxy groups -OCH3 is 1. The number of pyridine rings is 1. The van der Waals surface area contributed by atoms with Crippen molar-refractivity contribution in [3.05, 3.63) is 54.2 Å². The van der Waals surface area contributed by atoms with Crippen LogP contribution in [0.3, 0.4) is 0 Å². The van der Waals surface area contributed by atoms with E-state index in [9.17, 15) is 34.2 Å². The molecule has 4 N–H and O–H groups in total. The number of amides is 2. The van der Waals surface area contributed by atoms with Crippen molar-refractivity contribution in [3.63, 3.8) is 0 Å². The molecule has 1 aliphatic heterocycles. The smallest absolute Gasteiger partial charge is 0.508 e. The average molecular weight is 583 g/mol. The number of nitrogens with zero attached hydrogens (tertiary/aromatic N) is 1. The van der Waals surface area contributed by atoms with Crippen LogP contribution < -0.4 is 10.6 Å². The van der Waals surface area contributed by atoms with E-state index in [1.54, 1.807) is 12.1 Å². The summed E-state index contributed by atoms with van der Waals surface area (Å²) in [5.74, 6) is -6.23. The number of nitrogens with one attached hydrogen (secondary N) is 2. The number of hydrogen-bond donors (Lipinski definition) is 4. The molecule has 1 aliphatic rings. The topological polar surface area (TPSA) is 190 Å². The van der Waals surface area contributed by atoms with E-state index in [-0.39, 0.29) is 18.0 Å². The monoisotopic (exact) mass is 583 g/mol. The van der Waals surface area contributed by atoms with Crippen LogP contribution in [-0.4, -0.2) is 82.8 Å². The molecule has 2 aromatic rings. The highest BCUT2D eigenvalue weighted by Gasteiger charge is 2.55. The lowest BCUT2D eigenvalue weighted by Gasteiger charge is -2.38. The summed E-state index contributed by atoms with van der Waals surface area (Å²) in [6.07, 6.45) is -2.73. The molecule has 0 spiro atoms. The highest BCUT2D eigenvalue weighted by molar-refractivity contribution is 6.50. The number of rotatable bonds is 12. The largest absolute Gasteiger partial charge is 0.552 e. The average Bonchev–Trinajstić information content (AvgIpc) is 2.95. The van der Waals surface area contributed by atoms with Crippen LogP contribution in [0.15, 0.2) is 48.5 Å². The lowest BCUT2D eigenvalue weighted by molar-refractivity contribution is -0.175. The van der Waals surface area contributed by atoms with E-state index >= 15 is 0 Å². The zero-order chi connectivity index (χ0) is 31.0. The van der Waals surface area contributed by atoms with Gasteiger partial charge in [0.25, 0.3) is 11.9 Å². The summed E-state index contributed by atoms with van der Waals surface area (Å²) < 4.78 is 15.5. The number of esters is 1. The van der Waals surface area contributed by atoms with Gasteiger partial charge in [-0.15, -0.1) is 0 Å². The van der Waals surface area contributed by atoms with Gasteiger partial charge in [-0.05, 0) is 31.4 Å². The zero-order valence-electron chi connectivity index (χ0n) is 23.7. The number of carboxylic acids is 1. The first-order valence-corrected chi connectivity index (χ1v) is 13.3. The van der Waals surface area contributed by atoms with Gasteiger partial charge in [0.05, 0.1) is 37.7 Å². The van der Waals surface area contributed by atoms with Gasteiger partial charge >= 0.3 is 19.1 Å². The fourth-order valence-corrected chi connectivity index (χ4v) is 4.44. The molecular weight excluding hydrogens is 549 g/mol. The number of aliphatic hydroxyl groups is 1. The second-order valence-electron chi connectivity index (χ2n) is 10.4. The van der Waals surface area contributed by atoms with E-state index in [0.717, 1.165) is 12.7 Å². The van der Waals surface area contributed by atoms with Gasteiger partial charge in [0.1, 0.15) is 11.7 Å². The second-order valence-corrected chi connectivity index (χ2v) is 10.4. The molecular formula is C28H34BN3O10. The molecule has 0 bridgehead atoms. The molecule has 0 radical (unpaired) electrons. The number of ether oxygens (including phenoxy) is 1. The van der Waals surface area contributed by atoms with Crippen molar-refractivity contribution in [3.8, 4) is 11.3 Å². The fraction of sp³-hybridized carbons (Fsp3) is 0.429. The van der Waals surface area contributed by atoms with Crippen LogP contribution in [-0.2, 0) is 33.2 Å². The molecule has 1 fully saturated rings. The highest BCUT2D eigenvalue weighted by atomic mass is 16.7. The Balaban J connectivity index is 1.82. The van der Waals surface area contributed by atoms with Gasteiger partial charge in [0.15, 0.2) is 5.60 Å². The minimum Gasteiger partial charge on any atom is -0.508 e. The van der Waals surface area contributed by atoms with Gasteiger partial charge in [-0.2, -0.15) is 0 Å². The predicted octanol–water partition coefficient (Wildman–Crippen LogP) is 1.14. The third-order valence-electron chi connectivity index (χ3n) is 6.55. The number of carboxylic acid groups (broad SMARTS) is 1. The maximum atomic E-state index is 13.4.